The lowest BCUT2D eigenvalue weighted by Gasteiger charge is -2.38. The van der Waals surface area contributed by atoms with Gasteiger partial charge in [-0.25, -0.2) is 9.18 Å². The minimum Gasteiger partial charge on any atom is -0.444 e. The van der Waals surface area contributed by atoms with E-state index >= 15 is 0 Å². The van der Waals surface area contributed by atoms with E-state index in [-0.39, 0.29) is 12.0 Å². The molecule has 0 radical (unpaired) electrons. The van der Waals surface area contributed by atoms with Crippen LogP contribution in [0.4, 0.5) is 9.18 Å². The number of hydrogen-bond donors (Lipinski definition) is 0. The molecule has 1 amide bonds. The van der Waals surface area contributed by atoms with Crippen molar-refractivity contribution in [3.05, 3.63) is 12.4 Å². The summed E-state index contributed by atoms with van der Waals surface area (Å²) in [6, 6.07) is 0. The van der Waals surface area contributed by atoms with E-state index in [1.165, 1.54) is 6.08 Å². The van der Waals surface area contributed by atoms with Crippen molar-refractivity contribution in [1.29, 1.82) is 0 Å². The summed E-state index contributed by atoms with van der Waals surface area (Å²) >= 11 is 0. The Morgan fingerprint density at radius 1 is 1.50 bits per heavy atom. The van der Waals surface area contributed by atoms with Crippen LogP contribution in [0.1, 0.15) is 20.8 Å². The van der Waals surface area contributed by atoms with E-state index in [0.717, 1.165) is 0 Å². The SMILES string of the molecule is CC(C)(C)OC(=O)N1CC(C=CF)C1. The molecule has 1 rings (SSSR count). The average Bonchev–Trinajstić information content (AvgIpc) is 1.91. The van der Waals surface area contributed by atoms with Crippen LogP contribution in [-0.4, -0.2) is 29.7 Å². The number of carbonyl (C=O) groups is 1. The van der Waals surface area contributed by atoms with Gasteiger partial charge in [-0.05, 0) is 26.8 Å². The van der Waals surface area contributed by atoms with Gasteiger partial charge in [0.25, 0.3) is 0 Å². The first-order valence-electron chi connectivity index (χ1n) is 4.67. The molecule has 1 heterocycles. The van der Waals surface area contributed by atoms with Crippen molar-refractivity contribution in [1.82, 2.24) is 4.90 Å². The number of ether oxygens (including phenoxy) is 1. The summed E-state index contributed by atoms with van der Waals surface area (Å²) < 4.78 is 16.9. The minimum atomic E-state index is -0.460. The van der Waals surface area contributed by atoms with E-state index in [1.807, 2.05) is 20.8 Å². The number of hydrogen-bond acceptors (Lipinski definition) is 2. The number of nitrogens with zero attached hydrogens (tertiary/aromatic N) is 1. The summed E-state index contributed by atoms with van der Waals surface area (Å²) in [6.07, 6.45) is 1.67. The van der Waals surface area contributed by atoms with Gasteiger partial charge in [0.2, 0.25) is 0 Å². The van der Waals surface area contributed by atoms with Crippen LogP contribution in [0, 0.1) is 5.92 Å². The summed E-state index contributed by atoms with van der Waals surface area (Å²) in [7, 11) is 0. The van der Waals surface area contributed by atoms with Crippen molar-refractivity contribution in [2.24, 2.45) is 5.92 Å². The van der Waals surface area contributed by atoms with E-state index in [4.69, 9.17) is 4.74 Å². The molecule has 1 saturated heterocycles. The smallest absolute Gasteiger partial charge is 0.410 e. The van der Waals surface area contributed by atoms with Gasteiger partial charge in [0.05, 0.1) is 6.33 Å². The largest absolute Gasteiger partial charge is 0.444 e. The highest BCUT2D eigenvalue weighted by Gasteiger charge is 2.32. The maximum Gasteiger partial charge on any atom is 0.410 e. The molecular formula is C10H16FNO2. The monoisotopic (exact) mass is 201 g/mol. The molecule has 0 unspecified atom stereocenters. The van der Waals surface area contributed by atoms with E-state index in [1.54, 1.807) is 4.90 Å². The van der Waals surface area contributed by atoms with Crippen LogP contribution in [0.5, 0.6) is 0 Å². The molecular weight excluding hydrogens is 185 g/mol. The van der Waals surface area contributed by atoms with Crippen LogP contribution in [-0.2, 0) is 4.74 Å². The molecule has 0 bridgehead atoms. The molecule has 0 aromatic heterocycles. The second kappa shape index (κ2) is 3.98. The molecule has 0 N–H and O–H groups in total. The lowest BCUT2D eigenvalue weighted by atomic mass is 10.0. The zero-order chi connectivity index (χ0) is 10.8. The number of likely N-dealkylation sites (tertiary alicyclic amines) is 1. The maximum atomic E-state index is 11.7. The Morgan fingerprint density at radius 3 is 2.50 bits per heavy atom. The molecule has 80 valence electrons. The molecule has 0 aliphatic carbocycles. The highest BCUT2D eigenvalue weighted by Crippen LogP contribution is 2.20. The highest BCUT2D eigenvalue weighted by molar-refractivity contribution is 5.69. The molecule has 1 fully saturated rings. The fourth-order valence-electron chi connectivity index (χ4n) is 1.21. The Kier molecular flexibility index (Phi) is 3.13. The fourth-order valence-corrected chi connectivity index (χ4v) is 1.21. The number of amides is 1. The van der Waals surface area contributed by atoms with Crippen LogP contribution in [0.15, 0.2) is 12.4 Å². The Labute approximate surface area is 83.5 Å². The first-order valence-corrected chi connectivity index (χ1v) is 4.67. The topological polar surface area (TPSA) is 29.5 Å². The van der Waals surface area contributed by atoms with E-state index in [2.05, 4.69) is 0 Å². The van der Waals surface area contributed by atoms with Crippen LogP contribution < -0.4 is 0 Å². The molecule has 1 aliphatic heterocycles. The van der Waals surface area contributed by atoms with Gasteiger partial charge >= 0.3 is 6.09 Å². The van der Waals surface area contributed by atoms with Gasteiger partial charge in [-0.3, -0.25) is 0 Å². The van der Waals surface area contributed by atoms with Crippen LogP contribution in [0.3, 0.4) is 0 Å². The van der Waals surface area contributed by atoms with Crippen LogP contribution >= 0.6 is 0 Å². The Balaban J connectivity index is 2.30. The van der Waals surface area contributed by atoms with Crippen molar-refractivity contribution < 1.29 is 13.9 Å². The van der Waals surface area contributed by atoms with Gasteiger partial charge in [0.15, 0.2) is 0 Å². The van der Waals surface area contributed by atoms with Gasteiger partial charge in [0, 0.05) is 19.0 Å². The zero-order valence-corrected chi connectivity index (χ0v) is 8.79. The van der Waals surface area contributed by atoms with Gasteiger partial charge in [-0.15, -0.1) is 0 Å². The normalized spacial score (nSPS) is 18.4. The lowest BCUT2D eigenvalue weighted by Crippen LogP contribution is -2.50. The Bertz CT molecular complexity index is 239. The molecule has 0 aromatic carbocycles. The summed E-state index contributed by atoms with van der Waals surface area (Å²) in [4.78, 5) is 12.9. The Hall–Kier alpha value is -1.06. The second-order valence-electron chi connectivity index (χ2n) is 4.46. The first-order chi connectivity index (χ1) is 6.42. The highest BCUT2D eigenvalue weighted by atomic mass is 19.1. The quantitative estimate of drug-likeness (QED) is 0.651. The predicted octanol–water partition coefficient (Wildman–Crippen LogP) is 2.34. The average molecular weight is 201 g/mol. The lowest BCUT2D eigenvalue weighted by molar-refractivity contribution is 0.00481. The predicted molar refractivity (Wildman–Crippen MR) is 51.5 cm³/mol. The molecule has 0 spiro atoms. The van der Waals surface area contributed by atoms with Crippen molar-refractivity contribution in [3.63, 3.8) is 0 Å². The van der Waals surface area contributed by atoms with Gasteiger partial charge in [0.1, 0.15) is 5.60 Å². The second-order valence-corrected chi connectivity index (χ2v) is 4.46. The van der Waals surface area contributed by atoms with E-state index in [9.17, 15) is 9.18 Å². The molecule has 0 saturated carbocycles. The zero-order valence-electron chi connectivity index (χ0n) is 8.79. The first kappa shape index (κ1) is 11.0. The van der Waals surface area contributed by atoms with Crippen LogP contribution in [0.25, 0.3) is 0 Å². The number of halogens is 1. The van der Waals surface area contributed by atoms with Gasteiger partial charge in [-0.1, -0.05) is 0 Å². The van der Waals surface area contributed by atoms with E-state index < -0.39 is 5.60 Å². The fraction of sp³-hybridized carbons (Fsp3) is 0.700. The number of rotatable bonds is 1. The summed E-state index contributed by atoms with van der Waals surface area (Å²) in [5, 5.41) is 0. The van der Waals surface area contributed by atoms with Crippen molar-refractivity contribution in [2.75, 3.05) is 13.1 Å². The molecule has 14 heavy (non-hydrogen) atoms. The molecule has 0 atom stereocenters. The van der Waals surface area contributed by atoms with Crippen molar-refractivity contribution in [2.45, 2.75) is 26.4 Å². The molecule has 0 aromatic rings. The molecule has 3 nitrogen and oxygen atoms in total. The third-order valence-corrected chi connectivity index (χ3v) is 1.91. The Morgan fingerprint density at radius 2 is 2.07 bits per heavy atom. The third kappa shape index (κ3) is 3.01. The van der Waals surface area contributed by atoms with Crippen LogP contribution in [0.2, 0.25) is 0 Å². The molecule has 4 heteroatoms. The molecule has 1 aliphatic rings. The maximum absolute atomic E-state index is 11.7. The van der Waals surface area contributed by atoms with E-state index in [0.29, 0.717) is 19.4 Å². The number of carbonyl (C=O) groups excluding carboxylic acids is 1. The van der Waals surface area contributed by atoms with Gasteiger partial charge in [-0.2, -0.15) is 0 Å². The summed E-state index contributed by atoms with van der Waals surface area (Å²) in [6.45, 7) is 6.57. The minimum absolute atomic E-state index is 0.146. The van der Waals surface area contributed by atoms with Crippen molar-refractivity contribution in [3.8, 4) is 0 Å². The van der Waals surface area contributed by atoms with Gasteiger partial charge < -0.3 is 9.64 Å². The summed E-state index contributed by atoms with van der Waals surface area (Å²) in [5.74, 6) is 0.146. The summed E-state index contributed by atoms with van der Waals surface area (Å²) in [5.41, 5.74) is -0.460. The van der Waals surface area contributed by atoms with Crippen molar-refractivity contribution >= 4 is 6.09 Å². The standard InChI is InChI=1S/C10H16FNO2/c1-10(2,3)14-9(13)12-6-8(7-12)4-5-11/h4-5,8H,6-7H2,1-3H3. The third-order valence-electron chi connectivity index (χ3n) is 1.91.